The van der Waals surface area contributed by atoms with E-state index in [-0.39, 0.29) is 17.2 Å². The van der Waals surface area contributed by atoms with Gasteiger partial charge >= 0.3 is 5.97 Å². The molecule has 2 aromatic rings. The fraction of sp³-hybridized carbons (Fsp3) is 0.0526. The molecule has 0 spiro atoms. The first-order chi connectivity index (χ1) is 13.0. The van der Waals surface area contributed by atoms with Crippen LogP contribution in [0.4, 0.5) is 5.00 Å². The van der Waals surface area contributed by atoms with Crippen LogP contribution in [0.3, 0.4) is 0 Å². The number of benzene rings is 1. The molecule has 8 heteroatoms. The summed E-state index contributed by atoms with van der Waals surface area (Å²) in [6, 6.07) is 6.78. The molecule has 27 heavy (non-hydrogen) atoms. The maximum atomic E-state index is 12.1. The van der Waals surface area contributed by atoms with Crippen molar-refractivity contribution in [3.8, 4) is 11.1 Å². The lowest BCUT2D eigenvalue weighted by atomic mass is 10.0. The van der Waals surface area contributed by atoms with Crippen LogP contribution < -0.4 is 11.1 Å². The summed E-state index contributed by atoms with van der Waals surface area (Å²) in [4.78, 5) is 23.8. The quantitative estimate of drug-likeness (QED) is 0.450. The van der Waals surface area contributed by atoms with Crippen molar-refractivity contribution < 1.29 is 19.4 Å². The molecule has 1 aromatic carbocycles. The van der Waals surface area contributed by atoms with E-state index in [1.165, 1.54) is 18.4 Å². The van der Waals surface area contributed by atoms with E-state index >= 15 is 0 Å². The molecule has 4 N–H and O–H groups in total. The first-order valence-electron chi connectivity index (χ1n) is 7.70. The van der Waals surface area contributed by atoms with E-state index in [1.807, 2.05) is 0 Å². The molecule has 6 nitrogen and oxygen atoms in total. The number of nitrogens with one attached hydrogen (secondary N) is 1. The van der Waals surface area contributed by atoms with Crippen LogP contribution in [-0.4, -0.2) is 23.6 Å². The Morgan fingerprint density at radius 1 is 1.33 bits per heavy atom. The third-order valence-corrected chi connectivity index (χ3v) is 4.50. The van der Waals surface area contributed by atoms with Gasteiger partial charge in [0.1, 0.15) is 16.3 Å². The number of carbonyl (C=O) groups is 2. The molecule has 0 radical (unpaired) electrons. The van der Waals surface area contributed by atoms with E-state index in [9.17, 15) is 14.7 Å². The lowest BCUT2D eigenvalue weighted by molar-refractivity contribution is -0.119. The van der Waals surface area contributed by atoms with Crippen molar-refractivity contribution >= 4 is 39.8 Å². The van der Waals surface area contributed by atoms with Gasteiger partial charge in [-0.25, -0.2) is 4.79 Å². The van der Waals surface area contributed by atoms with E-state index in [2.05, 4.69) is 11.9 Å². The SMILES string of the molecule is C=C/C(=C\C=C/N)OCC(=O)Nc1scc(-c2ccc(Cl)cc2)c1C(=O)O. The number of carboxylic acid groups (broad SMARTS) is 1. The number of rotatable bonds is 8. The molecule has 0 atom stereocenters. The second kappa shape index (κ2) is 9.61. The number of thiophene rings is 1. The minimum atomic E-state index is -1.14. The first-order valence-corrected chi connectivity index (χ1v) is 8.96. The predicted molar refractivity (Wildman–Crippen MR) is 108 cm³/mol. The van der Waals surface area contributed by atoms with Gasteiger partial charge in [0.15, 0.2) is 6.61 Å². The summed E-state index contributed by atoms with van der Waals surface area (Å²) < 4.78 is 5.30. The maximum absolute atomic E-state index is 12.1. The molecule has 0 aliphatic rings. The van der Waals surface area contributed by atoms with Crippen molar-refractivity contribution in [2.75, 3.05) is 11.9 Å². The highest BCUT2D eigenvalue weighted by molar-refractivity contribution is 7.15. The summed E-state index contributed by atoms with van der Waals surface area (Å²) in [5, 5.41) is 14.6. The zero-order chi connectivity index (χ0) is 19.8. The highest BCUT2D eigenvalue weighted by Crippen LogP contribution is 2.36. The van der Waals surface area contributed by atoms with Crippen LogP contribution in [0, 0.1) is 0 Å². The van der Waals surface area contributed by atoms with E-state index in [1.54, 1.807) is 35.7 Å². The molecule has 1 amide bonds. The fourth-order valence-electron chi connectivity index (χ4n) is 2.14. The van der Waals surface area contributed by atoms with Crippen LogP contribution in [0.1, 0.15) is 10.4 Å². The van der Waals surface area contributed by atoms with Gasteiger partial charge in [-0.3, -0.25) is 4.79 Å². The number of hydrogen-bond donors (Lipinski definition) is 3. The van der Waals surface area contributed by atoms with Gasteiger partial charge in [-0.1, -0.05) is 30.3 Å². The van der Waals surface area contributed by atoms with Crippen molar-refractivity contribution in [1.82, 2.24) is 0 Å². The molecule has 1 heterocycles. The van der Waals surface area contributed by atoms with Crippen molar-refractivity contribution in [1.29, 1.82) is 0 Å². The number of allylic oxidation sites excluding steroid dienone is 3. The van der Waals surface area contributed by atoms with Gasteiger partial charge in [0.05, 0.1) is 0 Å². The number of ether oxygens (including phenoxy) is 1. The molecule has 0 fully saturated rings. The standard InChI is InChI=1S/C19H17ClN2O4S/c1-2-14(4-3-9-21)26-10-16(23)22-18-17(19(24)25)15(11-27-18)12-5-7-13(20)8-6-12/h2-9,11H,1,10,21H2,(H,22,23)(H,24,25)/b9-3-,14-4+. The summed E-state index contributed by atoms with van der Waals surface area (Å²) in [6.45, 7) is 3.27. The smallest absolute Gasteiger partial charge is 0.339 e. The Hall–Kier alpha value is -3.03. The number of amides is 1. The summed E-state index contributed by atoms with van der Waals surface area (Å²) in [7, 11) is 0. The van der Waals surface area contributed by atoms with Crippen molar-refractivity contribution in [3.05, 3.63) is 77.0 Å². The van der Waals surface area contributed by atoms with Crippen molar-refractivity contribution in [2.45, 2.75) is 0 Å². The number of nitrogens with two attached hydrogens (primary N) is 1. The Morgan fingerprint density at radius 2 is 2.04 bits per heavy atom. The summed E-state index contributed by atoms with van der Waals surface area (Å²) in [6.07, 6.45) is 5.83. The molecule has 0 bridgehead atoms. The number of anilines is 1. The number of carboxylic acids is 1. The number of carbonyl (C=O) groups excluding carboxylic acids is 1. The van der Waals surface area contributed by atoms with Gasteiger partial charge in [0.2, 0.25) is 0 Å². The fourth-order valence-corrected chi connectivity index (χ4v) is 3.24. The molecule has 0 saturated carbocycles. The molecule has 0 saturated heterocycles. The number of aromatic carboxylic acids is 1. The Kier molecular flexibility index (Phi) is 7.22. The Balaban J connectivity index is 2.17. The minimum Gasteiger partial charge on any atom is -0.484 e. The van der Waals surface area contributed by atoms with E-state index < -0.39 is 11.9 Å². The number of hydrogen-bond acceptors (Lipinski definition) is 5. The Labute approximate surface area is 165 Å². The van der Waals surface area contributed by atoms with Gasteiger partial charge in [-0.05, 0) is 42.1 Å². The summed E-state index contributed by atoms with van der Waals surface area (Å²) >= 11 is 6.99. The highest BCUT2D eigenvalue weighted by atomic mass is 35.5. The largest absolute Gasteiger partial charge is 0.484 e. The van der Waals surface area contributed by atoms with Gasteiger partial charge in [-0.2, -0.15) is 0 Å². The third kappa shape index (κ3) is 5.47. The molecular weight excluding hydrogens is 388 g/mol. The van der Waals surface area contributed by atoms with Gasteiger partial charge in [0.25, 0.3) is 5.91 Å². The van der Waals surface area contributed by atoms with Crippen molar-refractivity contribution in [2.24, 2.45) is 5.73 Å². The van der Waals surface area contributed by atoms with E-state index in [0.29, 0.717) is 21.9 Å². The lowest BCUT2D eigenvalue weighted by Gasteiger charge is -2.08. The van der Waals surface area contributed by atoms with Crippen LogP contribution in [-0.2, 0) is 9.53 Å². The number of halogens is 1. The Bertz CT molecular complexity index is 901. The van der Waals surface area contributed by atoms with Gasteiger partial charge < -0.3 is 20.9 Å². The van der Waals surface area contributed by atoms with Crippen LogP contribution in [0.15, 0.2) is 66.4 Å². The Morgan fingerprint density at radius 3 is 2.63 bits per heavy atom. The van der Waals surface area contributed by atoms with E-state index in [4.69, 9.17) is 22.1 Å². The molecule has 0 unspecified atom stereocenters. The van der Waals surface area contributed by atoms with E-state index in [0.717, 1.165) is 11.3 Å². The monoisotopic (exact) mass is 404 g/mol. The summed E-state index contributed by atoms with van der Waals surface area (Å²) in [5.41, 5.74) is 6.44. The van der Waals surface area contributed by atoms with Crippen LogP contribution in [0.5, 0.6) is 0 Å². The second-order valence-electron chi connectivity index (χ2n) is 5.16. The lowest BCUT2D eigenvalue weighted by Crippen LogP contribution is -2.18. The first kappa shape index (κ1) is 20.3. The molecule has 0 aliphatic heterocycles. The van der Waals surface area contributed by atoms with Crippen LogP contribution in [0.25, 0.3) is 11.1 Å². The zero-order valence-electron chi connectivity index (χ0n) is 14.1. The third-order valence-electron chi connectivity index (χ3n) is 3.36. The zero-order valence-corrected chi connectivity index (χ0v) is 15.7. The molecular formula is C19H17ClN2O4S. The molecule has 2 rings (SSSR count). The average molecular weight is 405 g/mol. The molecule has 140 valence electrons. The highest BCUT2D eigenvalue weighted by Gasteiger charge is 2.21. The molecule has 0 aliphatic carbocycles. The normalized spacial score (nSPS) is 11.4. The van der Waals surface area contributed by atoms with Gasteiger partial charge in [-0.15, -0.1) is 11.3 Å². The maximum Gasteiger partial charge on any atom is 0.339 e. The second-order valence-corrected chi connectivity index (χ2v) is 6.48. The minimum absolute atomic E-state index is 0.0150. The summed E-state index contributed by atoms with van der Waals surface area (Å²) in [5.74, 6) is -1.28. The van der Waals surface area contributed by atoms with Crippen LogP contribution >= 0.6 is 22.9 Å². The average Bonchev–Trinajstić information content (AvgIpc) is 3.06. The van der Waals surface area contributed by atoms with Gasteiger partial charge in [0, 0.05) is 16.0 Å². The topological polar surface area (TPSA) is 102 Å². The van der Waals surface area contributed by atoms with Crippen LogP contribution in [0.2, 0.25) is 5.02 Å². The van der Waals surface area contributed by atoms with Crippen molar-refractivity contribution in [3.63, 3.8) is 0 Å². The molecule has 1 aromatic heterocycles. The predicted octanol–water partition coefficient (Wildman–Crippen LogP) is 4.26.